The van der Waals surface area contributed by atoms with Gasteiger partial charge in [-0.1, -0.05) is 30.3 Å². The number of aromatic nitrogens is 2. The lowest BCUT2D eigenvalue weighted by Gasteiger charge is -2.25. The van der Waals surface area contributed by atoms with Crippen LogP contribution < -0.4 is 5.32 Å². The summed E-state index contributed by atoms with van der Waals surface area (Å²) in [5, 5.41) is 11.8. The fraction of sp³-hybridized carbons (Fsp3) is 0.318. The molecule has 0 aliphatic heterocycles. The first-order chi connectivity index (χ1) is 13.4. The van der Waals surface area contributed by atoms with Gasteiger partial charge in [-0.3, -0.25) is 14.2 Å². The van der Waals surface area contributed by atoms with Crippen LogP contribution in [0.3, 0.4) is 0 Å². The number of hydrogen-bond acceptors (Lipinski definition) is 3. The molecular weight excluding hydrogens is 354 g/mol. The van der Waals surface area contributed by atoms with E-state index in [4.69, 9.17) is 10.1 Å². The summed E-state index contributed by atoms with van der Waals surface area (Å²) in [6, 6.07) is 17.9. The molecule has 0 spiro atoms. The Labute approximate surface area is 164 Å². The van der Waals surface area contributed by atoms with E-state index >= 15 is 0 Å². The first-order valence-corrected chi connectivity index (χ1v) is 9.40. The molecule has 1 aromatic heterocycles. The molecule has 0 unspecified atom stereocenters. The standard InChI is InChI=1S/C22H25N3O3/c1-22(2,15-14-21(27)28)24-20(26)13-12-19-23-17-10-6-7-11-18(17)25(19)16-8-4-3-5-9-16/h3-11H,12-15H2,1-2H3,(H,24,26)(H,27,28). The number of imidazole rings is 1. The van der Waals surface area contributed by atoms with Crippen molar-refractivity contribution >= 4 is 22.9 Å². The number of benzene rings is 2. The van der Waals surface area contributed by atoms with Gasteiger partial charge in [-0.05, 0) is 44.5 Å². The molecule has 6 heteroatoms. The van der Waals surface area contributed by atoms with E-state index in [0.29, 0.717) is 12.8 Å². The van der Waals surface area contributed by atoms with E-state index < -0.39 is 11.5 Å². The first-order valence-electron chi connectivity index (χ1n) is 9.40. The third-order valence-corrected chi connectivity index (χ3v) is 4.66. The zero-order valence-corrected chi connectivity index (χ0v) is 16.2. The smallest absolute Gasteiger partial charge is 0.303 e. The van der Waals surface area contributed by atoms with Crippen LogP contribution >= 0.6 is 0 Å². The fourth-order valence-electron chi connectivity index (χ4n) is 3.26. The van der Waals surface area contributed by atoms with E-state index in [9.17, 15) is 9.59 Å². The number of fused-ring (bicyclic) bond motifs is 1. The predicted molar refractivity (Wildman–Crippen MR) is 108 cm³/mol. The quantitative estimate of drug-likeness (QED) is 0.625. The summed E-state index contributed by atoms with van der Waals surface area (Å²) < 4.78 is 2.08. The van der Waals surface area contributed by atoms with Crippen molar-refractivity contribution < 1.29 is 14.7 Å². The number of rotatable bonds is 8. The molecule has 0 fully saturated rings. The molecular formula is C22H25N3O3. The van der Waals surface area contributed by atoms with Gasteiger partial charge < -0.3 is 10.4 Å². The lowest BCUT2D eigenvalue weighted by Crippen LogP contribution is -2.43. The molecule has 0 atom stereocenters. The lowest BCUT2D eigenvalue weighted by atomic mass is 9.98. The summed E-state index contributed by atoms with van der Waals surface area (Å²) in [6.07, 6.45) is 1.19. The minimum Gasteiger partial charge on any atom is -0.481 e. The SMILES string of the molecule is CC(C)(CCC(=O)O)NC(=O)CCc1nc2ccccc2n1-c1ccccc1. The van der Waals surface area contributed by atoms with E-state index in [0.717, 1.165) is 22.5 Å². The van der Waals surface area contributed by atoms with E-state index in [1.165, 1.54) is 0 Å². The molecule has 0 bridgehead atoms. The van der Waals surface area contributed by atoms with Gasteiger partial charge >= 0.3 is 5.97 Å². The molecule has 2 N–H and O–H groups in total. The molecule has 2 aromatic carbocycles. The number of amides is 1. The first kappa shape index (κ1) is 19.6. The summed E-state index contributed by atoms with van der Waals surface area (Å²) in [5.41, 5.74) is 2.34. The van der Waals surface area contributed by atoms with Crippen molar-refractivity contribution in [3.05, 3.63) is 60.4 Å². The summed E-state index contributed by atoms with van der Waals surface area (Å²) >= 11 is 0. The van der Waals surface area contributed by atoms with Crippen LogP contribution in [-0.4, -0.2) is 32.1 Å². The Morgan fingerprint density at radius 2 is 1.71 bits per heavy atom. The van der Waals surface area contributed by atoms with Crippen LogP contribution in [0.2, 0.25) is 0 Å². The molecule has 3 rings (SSSR count). The predicted octanol–water partition coefficient (Wildman–Crippen LogP) is 3.72. The van der Waals surface area contributed by atoms with Crippen LogP contribution in [0, 0.1) is 0 Å². The van der Waals surface area contributed by atoms with E-state index in [1.807, 2.05) is 68.4 Å². The fourth-order valence-corrected chi connectivity index (χ4v) is 3.26. The lowest BCUT2D eigenvalue weighted by molar-refractivity contribution is -0.137. The van der Waals surface area contributed by atoms with Crippen LogP contribution in [0.1, 0.15) is 38.9 Å². The highest BCUT2D eigenvalue weighted by Gasteiger charge is 2.22. The second kappa shape index (κ2) is 8.25. The highest BCUT2D eigenvalue weighted by atomic mass is 16.4. The maximum absolute atomic E-state index is 12.4. The van der Waals surface area contributed by atoms with Gasteiger partial charge in [0.25, 0.3) is 0 Å². The maximum atomic E-state index is 12.4. The summed E-state index contributed by atoms with van der Waals surface area (Å²) in [5.74, 6) is -0.146. The third kappa shape index (κ3) is 4.76. The second-order valence-electron chi connectivity index (χ2n) is 7.51. The Morgan fingerprint density at radius 3 is 2.43 bits per heavy atom. The molecule has 146 valence electrons. The molecule has 0 saturated heterocycles. The van der Waals surface area contributed by atoms with Gasteiger partial charge in [-0.2, -0.15) is 0 Å². The van der Waals surface area contributed by atoms with Crippen molar-refractivity contribution in [2.24, 2.45) is 0 Å². The average molecular weight is 379 g/mol. The third-order valence-electron chi connectivity index (χ3n) is 4.66. The van der Waals surface area contributed by atoms with Crippen LogP contribution in [0.25, 0.3) is 16.7 Å². The summed E-state index contributed by atoms with van der Waals surface area (Å²) in [4.78, 5) is 27.9. The van der Waals surface area contributed by atoms with Gasteiger partial charge in [0.2, 0.25) is 5.91 Å². The number of nitrogens with zero attached hydrogens (tertiary/aromatic N) is 2. The number of carboxylic acids is 1. The van der Waals surface area contributed by atoms with Crippen molar-refractivity contribution in [2.75, 3.05) is 0 Å². The van der Waals surface area contributed by atoms with Crippen LogP contribution in [0.15, 0.2) is 54.6 Å². The number of carbonyl (C=O) groups excluding carboxylic acids is 1. The van der Waals surface area contributed by atoms with Crippen molar-refractivity contribution in [3.8, 4) is 5.69 Å². The molecule has 6 nitrogen and oxygen atoms in total. The van der Waals surface area contributed by atoms with Crippen molar-refractivity contribution in [2.45, 2.75) is 45.1 Å². The zero-order valence-electron chi connectivity index (χ0n) is 16.2. The normalized spacial score (nSPS) is 11.5. The highest BCUT2D eigenvalue weighted by molar-refractivity contribution is 5.79. The Morgan fingerprint density at radius 1 is 1.04 bits per heavy atom. The molecule has 0 saturated carbocycles. The number of aliphatic carboxylic acids is 1. The molecule has 1 heterocycles. The number of carbonyl (C=O) groups is 2. The molecule has 3 aromatic rings. The highest BCUT2D eigenvalue weighted by Crippen LogP contribution is 2.22. The minimum atomic E-state index is -0.862. The molecule has 28 heavy (non-hydrogen) atoms. The minimum absolute atomic E-state index is 0.0249. The van der Waals surface area contributed by atoms with Gasteiger partial charge in [0.1, 0.15) is 5.82 Å². The van der Waals surface area contributed by atoms with E-state index in [1.54, 1.807) is 0 Å². The van der Waals surface area contributed by atoms with Crippen LogP contribution in [0.4, 0.5) is 0 Å². The number of para-hydroxylation sites is 3. The van der Waals surface area contributed by atoms with Crippen LogP contribution in [0.5, 0.6) is 0 Å². The summed E-state index contributed by atoms with van der Waals surface area (Å²) in [6.45, 7) is 3.68. The van der Waals surface area contributed by atoms with Crippen LogP contribution in [-0.2, 0) is 16.0 Å². The zero-order chi connectivity index (χ0) is 20.1. The second-order valence-corrected chi connectivity index (χ2v) is 7.51. The van der Waals surface area contributed by atoms with Crippen molar-refractivity contribution in [1.82, 2.24) is 14.9 Å². The largest absolute Gasteiger partial charge is 0.481 e. The average Bonchev–Trinajstić information content (AvgIpc) is 3.03. The van der Waals surface area contributed by atoms with Gasteiger partial charge in [-0.15, -0.1) is 0 Å². The number of nitrogens with one attached hydrogen (secondary N) is 1. The van der Waals surface area contributed by atoms with Gasteiger partial charge in [0.05, 0.1) is 11.0 Å². The Hall–Kier alpha value is -3.15. The van der Waals surface area contributed by atoms with Gasteiger partial charge in [0, 0.05) is 30.5 Å². The summed E-state index contributed by atoms with van der Waals surface area (Å²) in [7, 11) is 0. The van der Waals surface area contributed by atoms with E-state index in [2.05, 4.69) is 9.88 Å². The Kier molecular flexibility index (Phi) is 5.78. The van der Waals surface area contributed by atoms with Gasteiger partial charge in [0.15, 0.2) is 0 Å². The Balaban J connectivity index is 1.76. The molecule has 0 radical (unpaired) electrons. The molecule has 0 aliphatic carbocycles. The topological polar surface area (TPSA) is 84.2 Å². The van der Waals surface area contributed by atoms with E-state index in [-0.39, 0.29) is 18.7 Å². The molecule has 1 amide bonds. The Bertz CT molecular complexity index is 977. The number of hydrogen-bond donors (Lipinski definition) is 2. The maximum Gasteiger partial charge on any atom is 0.303 e. The number of aryl methyl sites for hydroxylation is 1. The van der Waals surface area contributed by atoms with Gasteiger partial charge in [-0.25, -0.2) is 4.98 Å². The molecule has 0 aliphatic rings. The van der Waals surface area contributed by atoms with Crippen molar-refractivity contribution in [1.29, 1.82) is 0 Å². The monoisotopic (exact) mass is 379 g/mol. The van der Waals surface area contributed by atoms with Crippen molar-refractivity contribution in [3.63, 3.8) is 0 Å². The number of carboxylic acid groups (broad SMARTS) is 1.